The molecule has 88 valence electrons. The van der Waals surface area contributed by atoms with Gasteiger partial charge in [0, 0.05) is 5.31 Å². The molecule has 0 aromatic rings. The molecular formula is C11H21O3P. The van der Waals surface area contributed by atoms with E-state index in [9.17, 15) is 4.57 Å². The maximum atomic E-state index is 12.4. The van der Waals surface area contributed by atoms with E-state index in [1.807, 2.05) is 19.9 Å². The second-order valence-corrected chi connectivity index (χ2v) is 5.99. The molecule has 3 nitrogen and oxygen atoms in total. The van der Waals surface area contributed by atoms with Gasteiger partial charge in [0.25, 0.3) is 0 Å². The third-order valence-corrected chi connectivity index (χ3v) is 4.90. The summed E-state index contributed by atoms with van der Waals surface area (Å²) in [6, 6.07) is 0. The number of hydrogen-bond acceptors (Lipinski definition) is 3. The molecule has 4 heteroatoms. The molecule has 0 amide bonds. The lowest BCUT2D eigenvalue weighted by Gasteiger charge is -2.24. The average Bonchev–Trinajstić information content (AvgIpc) is 2.19. The van der Waals surface area contributed by atoms with Crippen LogP contribution >= 0.6 is 7.60 Å². The summed E-state index contributed by atoms with van der Waals surface area (Å²) in [5.41, 5.74) is 0. The number of rotatable bonds is 5. The summed E-state index contributed by atoms with van der Waals surface area (Å²) >= 11 is 0. The van der Waals surface area contributed by atoms with Crippen molar-refractivity contribution in [1.82, 2.24) is 0 Å². The molecule has 0 saturated heterocycles. The lowest BCUT2D eigenvalue weighted by atomic mass is 9.96. The van der Waals surface area contributed by atoms with Crippen LogP contribution in [0.25, 0.3) is 0 Å². The van der Waals surface area contributed by atoms with Gasteiger partial charge >= 0.3 is 7.60 Å². The van der Waals surface area contributed by atoms with Crippen LogP contribution in [-0.4, -0.2) is 13.2 Å². The van der Waals surface area contributed by atoms with Crippen molar-refractivity contribution in [3.8, 4) is 0 Å². The molecule has 15 heavy (non-hydrogen) atoms. The fourth-order valence-corrected chi connectivity index (χ4v) is 3.56. The smallest absolute Gasteiger partial charge is 0.306 e. The van der Waals surface area contributed by atoms with E-state index in [0.717, 1.165) is 24.6 Å². The maximum Gasteiger partial charge on any atom is 0.356 e. The molecule has 0 radical (unpaired) electrons. The highest BCUT2D eigenvalue weighted by Gasteiger charge is 2.30. The average molecular weight is 232 g/mol. The minimum atomic E-state index is -2.96. The molecule has 0 heterocycles. The van der Waals surface area contributed by atoms with Gasteiger partial charge in [-0.1, -0.05) is 13.0 Å². The molecule has 0 saturated carbocycles. The van der Waals surface area contributed by atoms with Gasteiger partial charge in [0.15, 0.2) is 0 Å². The van der Waals surface area contributed by atoms with Crippen molar-refractivity contribution in [3.63, 3.8) is 0 Å². The van der Waals surface area contributed by atoms with E-state index in [-0.39, 0.29) is 0 Å². The van der Waals surface area contributed by atoms with Crippen LogP contribution in [0.5, 0.6) is 0 Å². The second kappa shape index (κ2) is 5.83. The predicted octanol–water partition coefficient (Wildman–Crippen LogP) is 3.96. The molecule has 1 atom stereocenters. The molecule has 0 fully saturated rings. The van der Waals surface area contributed by atoms with Crippen molar-refractivity contribution < 1.29 is 13.6 Å². The first-order valence-electron chi connectivity index (χ1n) is 5.71. The van der Waals surface area contributed by atoms with Crippen molar-refractivity contribution >= 4 is 7.60 Å². The molecule has 1 aliphatic rings. The highest BCUT2D eigenvalue weighted by atomic mass is 31.2. The van der Waals surface area contributed by atoms with Gasteiger partial charge in [-0.25, -0.2) is 0 Å². The van der Waals surface area contributed by atoms with E-state index in [1.165, 1.54) is 0 Å². The van der Waals surface area contributed by atoms with Crippen molar-refractivity contribution in [3.05, 3.63) is 11.4 Å². The Morgan fingerprint density at radius 1 is 1.40 bits per heavy atom. The summed E-state index contributed by atoms with van der Waals surface area (Å²) in [7, 11) is -2.96. The van der Waals surface area contributed by atoms with Crippen LogP contribution in [0.4, 0.5) is 0 Å². The predicted molar refractivity (Wildman–Crippen MR) is 62.0 cm³/mol. The third kappa shape index (κ3) is 3.44. The summed E-state index contributed by atoms with van der Waals surface area (Å²) in [4.78, 5) is 0. The molecule has 1 rings (SSSR count). The van der Waals surface area contributed by atoms with Gasteiger partial charge in [-0.3, -0.25) is 4.57 Å². The Morgan fingerprint density at radius 2 is 2.00 bits per heavy atom. The largest absolute Gasteiger partial charge is 0.356 e. The molecule has 0 aromatic heterocycles. The van der Waals surface area contributed by atoms with E-state index in [0.29, 0.717) is 19.1 Å². The van der Waals surface area contributed by atoms with Crippen molar-refractivity contribution in [2.45, 2.75) is 40.0 Å². The fourth-order valence-electron chi connectivity index (χ4n) is 1.74. The molecule has 0 spiro atoms. The molecule has 0 bridgehead atoms. The lowest BCUT2D eigenvalue weighted by molar-refractivity contribution is 0.224. The van der Waals surface area contributed by atoms with Crippen LogP contribution in [0.15, 0.2) is 11.4 Å². The first-order chi connectivity index (χ1) is 7.12. The van der Waals surface area contributed by atoms with Gasteiger partial charge < -0.3 is 9.05 Å². The summed E-state index contributed by atoms with van der Waals surface area (Å²) in [5, 5.41) is 0.879. The van der Waals surface area contributed by atoms with Gasteiger partial charge in [-0.15, -0.1) is 0 Å². The summed E-state index contributed by atoms with van der Waals surface area (Å²) in [6.45, 7) is 6.77. The van der Waals surface area contributed by atoms with Crippen LogP contribution in [0.3, 0.4) is 0 Å². The van der Waals surface area contributed by atoms with Crippen LogP contribution < -0.4 is 0 Å². The summed E-state index contributed by atoms with van der Waals surface area (Å²) in [5.74, 6) is 0.686. The minimum absolute atomic E-state index is 0.435. The zero-order valence-electron chi connectivity index (χ0n) is 9.86. The van der Waals surface area contributed by atoms with Gasteiger partial charge in [-0.05, 0) is 39.0 Å². The Morgan fingerprint density at radius 3 is 2.40 bits per heavy atom. The van der Waals surface area contributed by atoms with E-state index >= 15 is 0 Å². The SMILES string of the molecule is CCOP(=O)(OCC)C1=CCC(C)CC1. The Hall–Kier alpha value is -0.110. The van der Waals surface area contributed by atoms with E-state index in [2.05, 4.69) is 6.92 Å². The van der Waals surface area contributed by atoms with Gasteiger partial charge in [-0.2, -0.15) is 0 Å². The Balaban J connectivity index is 2.76. The molecule has 0 aliphatic heterocycles. The van der Waals surface area contributed by atoms with Crippen LogP contribution in [0.2, 0.25) is 0 Å². The Bertz CT molecular complexity index is 263. The fraction of sp³-hybridized carbons (Fsp3) is 0.818. The lowest BCUT2D eigenvalue weighted by Crippen LogP contribution is -2.05. The van der Waals surface area contributed by atoms with Crippen molar-refractivity contribution in [2.75, 3.05) is 13.2 Å². The summed E-state index contributed by atoms with van der Waals surface area (Å²) < 4.78 is 23.0. The van der Waals surface area contributed by atoms with Crippen LogP contribution in [0, 0.1) is 5.92 Å². The number of allylic oxidation sites excluding steroid dienone is 2. The zero-order chi connectivity index (χ0) is 11.3. The van der Waals surface area contributed by atoms with E-state index in [4.69, 9.17) is 9.05 Å². The Kier molecular flexibility index (Phi) is 5.04. The van der Waals surface area contributed by atoms with E-state index in [1.54, 1.807) is 0 Å². The number of hydrogen-bond donors (Lipinski definition) is 0. The first-order valence-corrected chi connectivity index (χ1v) is 7.25. The third-order valence-electron chi connectivity index (χ3n) is 2.60. The van der Waals surface area contributed by atoms with Crippen molar-refractivity contribution in [1.29, 1.82) is 0 Å². The molecule has 0 aromatic carbocycles. The van der Waals surface area contributed by atoms with Crippen LogP contribution in [0.1, 0.15) is 40.0 Å². The first kappa shape index (κ1) is 13.0. The van der Waals surface area contributed by atoms with Crippen molar-refractivity contribution in [2.24, 2.45) is 5.92 Å². The highest BCUT2D eigenvalue weighted by Crippen LogP contribution is 2.58. The maximum absolute atomic E-state index is 12.4. The topological polar surface area (TPSA) is 35.5 Å². The highest BCUT2D eigenvalue weighted by molar-refractivity contribution is 7.58. The van der Waals surface area contributed by atoms with Gasteiger partial charge in [0.1, 0.15) is 0 Å². The zero-order valence-corrected chi connectivity index (χ0v) is 10.8. The van der Waals surface area contributed by atoms with Gasteiger partial charge in [0.05, 0.1) is 13.2 Å². The standard InChI is InChI=1S/C11H21O3P/c1-4-13-15(12,14-5-2)11-8-6-10(3)7-9-11/h8,10H,4-7,9H2,1-3H3. The Labute approximate surface area is 92.4 Å². The van der Waals surface area contributed by atoms with Crippen LogP contribution in [-0.2, 0) is 13.6 Å². The molecular weight excluding hydrogens is 211 g/mol. The minimum Gasteiger partial charge on any atom is -0.306 e. The monoisotopic (exact) mass is 232 g/mol. The normalized spacial score (nSPS) is 22.6. The molecule has 0 N–H and O–H groups in total. The van der Waals surface area contributed by atoms with Gasteiger partial charge in [0.2, 0.25) is 0 Å². The van der Waals surface area contributed by atoms with E-state index < -0.39 is 7.60 Å². The molecule has 1 unspecified atom stereocenters. The molecule has 1 aliphatic carbocycles. The second-order valence-electron chi connectivity index (χ2n) is 3.91. The summed E-state index contributed by atoms with van der Waals surface area (Å²) in [6.07, 6.45) is 4.95. The quantitative estimate of drug-likeness (QED) is 0.673.